The minimum atomic E-state index is -0.199. The zero-order valence-corrected chi connectivity index (χ0v) is 24.4. The number of rotatable bonds is 11. The fraction of sp³-hybridized carbons (Fsp3) is 0.515. The summed E-state index contributed by atoms with van der Waals surface area (Å²) in [6, 6.07) is 10.7. The Balaban J connectivity index is 1.61. The van der Waals surface area contributed by atoms with Crippen molar-refractivity contribution in [3.05, 3.63) is 76.4 Å². The Labute approximate surface area is 234 Å². The molecule has 1 aliphatic carbocycles. The first-order chi connectivity index (χ1) is 18.8. The number of carbonyl (C=O) groups is 1. The van der Waals surface area contributed by atoms with Crippen molar-refractivity contribution < 1.29 is 9.53 Å². The molecule has 1 heterocycles. The van der Waals surface area contributed by atoms with Gasteiger partial charge in [-0.3, -0.25) is 4.79 Å². The molecule has 4 rings (SSSR count). The molecule has 3 aromatic rings. The van der Waals surface area contributed by atoms with E-state index >= 15 is 0 Å². The van der Waals surface area contributed by atoms with Gasteiger partial charge in [-0.2, -0.15) is 0 Å². The van der Waals surface area contributed by atoms with Crippen LogP contribution in [0.1, 0.15) is 91.9 Å². The second-order valence-electron chi connectivity index (χ2n) is 11.2. The normalized spacial score (nSPS) is 18.1. The Morgan fingerprint density at radius 1 is 1.13 bits per heavy atom. The van der Waals surface area contributed by atoms with E-state index in [1.165, 1.54) is 49.1 Å². The van der Waals surface area contributed by atoms with Gasteiger partial charge >= 0.3 is 5.97 Å². The highest BCUT2D eigenvalue weighted by Crippen LogP contribution is 2.37. The molecule has 1 unspecified atom stereocenters. The van der Waals surface area contributed by atoms with Gasteiger partial charge in [0.1, 0.15) is 5.82 Å². The molecule has 0 bridgehead atoms. The molecule has 6 heteroatoms. The molecule has 0 spiro atoms. The molecule has 3 N–H and O–H groups in total. The molecular weight excluding hydrogens is 484 g/mol. The first-order valence-corrected chi connectivity index (χ1v) is 14.7. The number of imidazole rings is 1. The molecule has 39 heavy (non-hydrogen) atoms. The molecule has 1 aromatic heterocycles. The number of anilines is 2. The highest BCUT2D eigenvalue weighted by molar-refractivity contribution is 5.75. The summed E-state index contributed by atoms with van der Waals surface area (Å²) in [4.78, 5) is 17.5. The number of ether oxygens (including phenoxy) is 1. The lowest BCUT2D eigenvalue weighted by Crippen LogP contribution is -2.18. The van der Waals surface area contributed by atoms with E-state index in [0.717, 1.165) is 47.2 Å². The van der Waals surface area contributed by atoms with Crippen LogP contribution in [-0.4, -0.2) is 29.2 Å². The Morgan fingerprint density at radius 2 is 1.87 bits per heavy atom. The van der Waals surface area contributed by atoms with Crippen LogP contribution in [0.2, 0.25) is 0 Å². The van der Waals surface area contributed by atoms with Gasteiger partial charge in [-0.1, -0.05) is 50.5 Å². The van der Waals surface area contributed by atoms with Gasteiger partial charge in [0, 0.05) is 38.3 Å². The number of carbonyl (C=O) groups excluding carboxylic acids is 1. The van der Waals surface area contributed by atoms with Gasteiger partial charge in [0.15, 0.2) is 0 Å². The number of nitrogens with zero attached hydrogens (tertiary/aromatic N) is 2. The lowest BCUT2D eigenvalue weighted by atomic mass is 9.79. The number of hydrogen-bond acceptors (Lipinski definition) is 5. The van der Waals surface area contributed by atoms with E-state index < -0.39 is 0 Å². The summed E-state index contributed by atoms with van der Waals surface area (Å²) < 4.78 is 7.69. The molecule has 0 aliphatic heterocycles. The number of nitrogens with two attached hydrogens (primary N) is 1. The molecule has 0 radical (unpaired) electrons. The van der Waals surface area contributed by atoms with Crippen LogP contribution < -0.4 is 11.1 Å². The highest BCUT2D eigenvalue weighted by Gasteiger charge is 2.24. The molecule has 6 nitrogen and oxygen atoms in total. The van der Waals surface area contributed by atoms with Gasteiger partial charge in [0.2, 0.25) is 0 Å². The molecule has 210 valence electrons. The lowest BCUT2D eigenvalue weighted by molar-refractivity contribution is -0.143. The number of aryl methyl sites for hydroxylation is 1. The maximum Gasteiger partial charge on any atom is 0.306 e. The summed E-state index contributed by atoms with van der Waals surface area (Å²) in [5, 5.41) is 3.16. The van der Waals surface area contributed by atoms with Gasteiger partial charge in [-0.15, -0.1) is 0 Å². The van der Waals surface area contributed by atoms with Crippen molar-refractivity contribution in [1.29, 1.82) is 0 Å². The van der Waals surface area contributed by atoms with Crippen molar-refractivity contribution in [3.8, 4) is 0 Å². The largest absolute Gasteiger partial charge is 0.466 e. The summed E-state index contributed by atoms with van der Waals surface area (Å²) in [5.74, 6) is 2.46. The van der Waals surface area contributed by atoms with Gasteiger partial charge in [-0.25, -0.2) is 4.98 Å². The highest BCUT2D eigenvalue weighted by atomic mass is 16.5. The zero-order chi connectivity index (χ0) is 27.9. The van der Waals surface area contributed by atoms with Crippen molar-refractivity contribution >= 4 is 17.3 Å². The van der Waals surface area contributed by atoms with Crippen LogP contribution in [0.15, 0.2) is 42.7 Å². The number of aromatic nitrogens is 2. The van der Waals surface area contributed by atoms with E-state index in [1.54, 1.807) is 0 Å². The van der Waals surface area contributed by atoms with E-state index in [1.807, 2.05) is 33.2 Å². The van der Waals surface area contributed by atoms with Crippen LogP contribution in [0.25, 0.3) is 0 Å². The van der Waals surface area contributed by atoms with Gasteiger partial charge in [0.25, 0.3) is 0 Å². The van der Waals surface area contributed by atoms with Gasteiger partial charge in [0.05, 0.1) is 24.4 Å². The van der Waals surface area contributed by atoms with Crippen molar-refractivity contribution in [2.45, 2.75) is 85.1 Å². The zero-order valence-electron chi connectivity index (χ0n) is 24.4. The molecule has 1 atom stereocenters. The number of nitrogen functional groups attached to an aromatic ring is 1. The first-order valence-electron chi connectivity index (χ1n) is 14.7. The molecule has 1 fully saturated rings. The Hall–Kier alpha value is -3.28. The van der Waals surface area contributed by atoms with E-state index in [2.05, 4.69) is 54.2 Å². The van der Waals surface area contributed by atoms with Crippen molar-refractivity contribution in [2.75, 3.05) is 24.7 Å². The lowest BCUT2D eigenvalue weighted by Gasteiger charge is -2.27. The van der Waals surface area contributed by atoms with Crippen molar-refractivity contribution in [1.82, 2.24) is 9.55 Å². The van der Waals surface area contributed by atoms with Gasteiger partial charge in [-0.05, 0) is 79.3 Å². The quantitative estimate of drug-likeness (QED) is 0.206. The van der Waals surface area contributed by atoms with E-state index in [4.69, 9.17) is 15.5 Å². The van der Waals surface area contributed by atoms with Crippen molar-refractivity contribution in [2.24, 2.45) is 11.8 Å². The second kappa shape index (κ2) is 13.2. The summed E-state index contributed by atoms with van der Waals surface area (Å²) in [6.07, 6.45) is 12.0. The summed E-state index contributed by atoms with van der Waals surface area (Å²) in [6.45, 7) is 9.50. The molecular formula is C33H46N4O2. The third-order valence-corrected chi connectivity index (χ3v) is 8.81. The smallest absolute Gasteiger partial charge is 0.306 e. The standard InChI is InChI=1S/C33H46N4O2/c1-6-24-9-11-25(12-10-24)18-31-36-16-17-37(31)21-27-19-26(13-8-22(27)3)29(20-32(38)39-7-2)28-14-15-30(35-5)33(34)23(28)4/h8,13-17,19,24-25,29,35H,6-7,9-12,18,20-21,34H2,1-5H3. The van der Waals surface area contributed by atoms with Crippen molar-refractivity contribution in [3.63, 3.8) is 0 Å². The predicted molar refractivity (Wildman–Crippen MR) is 160 cm³/mol. The number of esters is 1. The SMILES string of the molecule is CCOC(=O)CC(c1ccc(C)c(Cn2ccnc2CC2CCC(CC)CC2)c1)c1ccc(NC)c(N)c1C. The van der Waals surface area contributed by atoms with Crippen LogP contribution in [0, 0.1) is 25.7 Å². The maximum atomic E-state index is 12.7. The molecule has 2 aromatic carbocycles. The van der Waals surface area contributed by atoms with Crippen LogP contribution in [0.4, 0.5) is 11.4 Å². The van der Waals surface area contributed by atoms with Crippen LogP contribution in [0.3, 0.4) is 0 Å². The Morgan fingerprint density at radius 3 is 2.56 bits per heavy atom. The molecule has 1 saturated carbocycles. The Kier molecular flexibility index (Phi) is 9.71. The molecule has 0 saturated heterocycles. The number of nitrogens with one attached hydrogen (secondary N) is 1. The first kappa shape index (κ1) is 28.7. The van der Waals surface area contributed by atoms with Crippen LogP contribution in [-0.2, 0) is 22.5 Å². The van der Waals surface area contributed by atoms with Crippen LogP contribution in [0.5, 0.6) is 0 Å². The van der Waals surface area contributed by atoms with E-state index in [0.29, 0.717) is 12.3 Å². The minimum absolute atomic E-state index is 0.146. The van der Waals surface area contributed by atoms with E-state index in [9.17, 15) is 4.79 Å². The fourth-order valence-corrected chi connectivity index (χ4v) is 6.17. The monoisotopic (exact) mass is 530 g/mol. The molecule has 0 amide bonds. The summed E-state index contributed by atoms with van der Waals surface area (Å²) >= 11 is 0. The minimum Gasteiger partial charge on any atom is -0.466 e. The fourth-order valence-electron chi connectivity index (χ4n) is 6.17. The Bertz CT molecular complexity index is 1260. The maximum absolute atomic E-state index is 12.7. The average Bonchev–Trinajstić information content (AvgIpc) is 3.37. The topological polar surface area (TPSA) is 82.2 Å². The second-order valence-corrected chi connectivity index (χ2v) is 11.2. The summed E-state index contributed by atoms with van der Waals surface area (Å²) in [5.41, 5.74) is 13.7. The summed E-state index contributed by atoms with van der Waals surface area (Å²) in [7, 11) is 1.87. The molecule has 1 aliphatic rings. The average molecular weight is 531 g/mol. The van der Waals surface area contributed by atoms with Gasteiger partial charge < -0.3 is 20.4 Å². The third-order valence-electron chi connectivity index (χ3n) is 8.81. The number of hydrogen-bond donors (Lipinski definition) is 2. The number of benzene rings is 2. The predicted octanol–water partition coefficient (Wildman–Crippen LogP) is 7.02. The third kappa shape index (κ3) is 6.84. The van der Waals surface area contributed by atoms with Crippen LogP contribution >= 0.6 is 0 Å². The van der Waals surface area contributed by atoms with E-state index in [-0.39, 0.29) is 18.3 Å².